The van der Waals surface area contributed by atoms with Crippen molar-refractivity contribution in [2.75, 3.05) is 24.2 Å². The summed E-state index contributed by atoms with van der Waals surface area (Å²) in [6, 6.07) is 18.1. The first-order valence-electron chi connectivity index (χ1n) is 13.0. The quantitative estimate of drug-likeness (QED) is 0.403. The smallest absolute Gasteiger partial charge is 0.130 e. The van der Waals surface area contributed by atoms with Gasteiger partial charge in [-0.25, -0.2) is 0 Å². The fourth-order valence-electron chi connectivity index (χ4n) is 5.63. The third kappa shape index (κ3) is 4.95. The molecule has 3 aliphatic rings. The Bertz CT molecular complexity index is 1200. The molecular formula is C28H35N5OS. The molecule has 3 atom stereocenters. The van der Waals surface area contributed by atoms with Gasteiger partial charge in [0.15, 0.2) is 0 Å². The molecular weight excluding hydrogens is 454 g/mol. The number of nitrogens with two attached hydrogens (primary N) is 1. The summed E-state index contributed by atoms with van der Waals surface area (Å²) in [5.41, 5.74) is 9.51. The van der Waals surface area contributed by atoms with Crippen molar-refractivity contribution in [2.45, 2.75) is 63.2 Å². The highest BCUT2D eigenvalue weighted by molar-refractivity contribution is 8.14. The lowest BCUT2D eigenvalue weighted by Gasteiger charge is -2.27. The van der Waals surface area contributed by atoms with E-state index in [1.807, 2.05) is 42.1 Å². The Labute approximate surface area is 211 Å². The molecule has 2 fully saturated rings. The van der Waals surface area contributed by atoms with Crippen LogP contribution in [0.1, 0.15) is 44.7 Å². The molecule has 0 spiro atoms. The number of aliphatic imine (C=N–C) groups is 1. The van der Waals surface area contributed by atoms with Gasteiger partial charge in [-0.2, -0.15) is 0 Å². The maximum atomic E-state index is 6.24. The second kappa shape index (κ2) is 9.88. The van der Waals surface area contributed by atoms with Crippen molar-refractivity contribution < 1.29 is 4.74 Å². The summed E-state index contributed by atoms with van der Waals surface area (Å²) in [4.78, 5) is 11.4. The summed E-state index contributed by atoms with van der Waals surface area (Å²) < 4.78 is 6.24. The van der Waals surface area contributed by atoms with Gasteiger partial charge < -0.3 is 20.8 Å². The molecule has 6 nitrogen and oxygen atoms in total. The van der Waals surface area contributed by atoms with E-state index in [0.717, 1.165) is 64.1 Å². The van der Waals surface area contributed by atoms with E-state index in [2.05, 4.69) is 40.3 Å². The molecule has 35 heavy (non-hydrogen) atoms. The van der Waals surface area contributed by atoms with Crippen LogP contribution < -0.4 is 15.8 Å². The van der Waals surface area contributed by atoms with Crippen molar-refractivity contribution in [3.05, 3.63) is 54.2 Å². The molecule has 2 unspecified atom stereocenters. The van der Waals surface area contributed by atoms with Crippen LogP contribution in [0, 0.1) is 0 Å². The van der Waals surface area contributed by atoms with E-state index in [1.54, 1.807) is 0 Å². The van der Waals surface area contributed by atoms with Crippen LogP contribution in [0.15, 0.2) is 53.5 Å². The van der Waals surface area contributed by atoms with Crippen LogP contribution in [0.25, 0.3) is 10.9 Å². The standard InChI is InChI=1S/C28H35N5OS/c1-18(33-12-11-20(29)16-33)26-17-35-28(32-26)25-14-19-13-23(34-22-9-3-2-4-10-22)15-24(27(19)31-25)30-21-7-5-6-8-21/h2-4,9-10,13-15,18,20-21,26,30-31H,5-8,11-12,16-17,29H2,1H3/t18?,20-,26?/m0/s1. The first-order valence-corrected chi connectivity index (χ1v) is 14.0. The number of nitrogens with zero attached hydrogens (tertiary/aromatic N) is 2. The van der Waals surface area contributed by atoms with Gasteiger partial charge in [0.05, 0.1) is 22.9 Å². The van der Waals surface area contributed by atoms with Crippen LogP contribution in [0.2, 0.25) is 0 Å². The fourth-order valence-corrected chi connectivity index (χ4v) is 6.79. The summed E-state index contributed by atoms with van der Waals surface area (Å²) in [7, 11) is 0. The van der Waals surface area contributed by atoms with E-state index in [9.17, 15) is 0 Å². The van der Waals surface area contributed by atoms with Crippen molar-refractivity contribution in [2.24, 2.45) is 10.7 Å². The molecule has 0 bridgehead atoms. The summed E-state index contributed by atoms with van der Waals surface area (Å²) >= 11 is 1.86. The van der Waals surface area contributed by atoms with Gasteiger partial charge in [0, 0.05) is 48.4 Å². The van der Waals surface area contributed by atoms with Gasteiger partial charge in [-0.05, 0) is 50.5 Å². The molecule has 2 aliphatic heterocycles. The highest BCUT2D eigenvalue weighted by Gasteiger charge is 2.32. The highest BCUT2D eigenvalue weighted by atomic mass is 32.2. The van der Waals surface area contributed by atoms with Crippen LogP contribution in [0.3, 0.4) is 0 Å². The van der Waals surface area contributed by atoms with Crippen LogP contribution >= 0.6 is 11.8 Å². The van der Waals surface area contributed by atoms with Gasteiger partial charge in [0.2, 0.25) is 0 Å². The number of ether oxygens (including phenoxy) is 1. The highest BCUT2D eigenvalue weighted by Crippen LogP contribution is 2.36. The normalized spacial score (nSPS) is 24.2. The van der Waals surface area contributed by atoms with Crippen molar-refractivity contribution in [3.8, 4) is 11.5 Å². The monoisotopic (exact) mass is 489 g/mol. The number of hydrogen-bond donors (Lipinski definition) is 3. The van der Waals surface area contributed by atoms with Gasteiger partial charge >= 0.3 is 0 Å². The number of thioether (sulfide) groups is 1. The van der Waals surface area contributed by atoms with Gasteiger partial charge in [-0.15, -0.1) is 11.8 Å². The first-order chi connectivity index (χ1) is 17.1. The second-order valence-electron chi connectivity index (χ2n) is 10.3. The Kier molecular flexibility index (Phi) is 6.48. The van der Waals surface area contributed by atoms with Gasteiger partial charge in [0.1, 0.15) is 16.5 Å². The number of aromatic amines is 1. The average molecular weight is 490 g/mol. The molecule has 6 rings (SSSR count). The second-order valence-corrected chi connectivity index (χ2v) is 11.3. The van der Waals surface area contributed by atoms with E-state index in [0.29, 0.717) is 24.2 Å². The predicted octanol–water partition coefficient (Wildman–Crippen LogP) is 5.60. The number of anilines is 1. The third-order valence-corrected chi connectivity index (χ3v) is 8.80. The zero-order valence-corrected chi connectivity index (χ0v) is 21.2. The minimum absolute atomic E-state index is 0.305. The molecule has 4 N–H and O–H groups in total. The van der Waals surface area contributed by atoms with Gasteiger partial charge in [-0.1, -0.05) is 31.0 Å². The topological polar surface area (TPSA) is 78.7 Å². The summed E-state index contributed by atoms with van der Waals surface area (Å²) in [6.45, 7) is 4.37. The molecule has 2 aromatic carbocycles. The number of fused-ring (bicyclic) bond motifs is 1. The minimum atomic E-state index is 0.305. The van der Waals surface area contributed by atoms with Crippen LogP contribution in [0.4, 0.5) is 5.69 Å². The fraction of sp³-hybridized carbons (Fsp3) is 0.464. The SMILES string of the molecule is CC(C1CSC(c2cc3cc(Oc4ccccc4)cc(NC4CCCC4)c3[nH]2)=N1)N1CC[C@H](N)C1. The number of aromatic nitrogens is 1. The Hall–Kier alpha value is -2.48. The Balaban J connectivity index is 1.29. The number of H-pyrrole nitrogens is 1. The van der Waals surface area contributed by atoms with Crippen molar-refractivity contribution in [3.63, 3.8) is 0 Å². The number of hydrogen-bond acceptors (Lipinski definition) is 6. The van der Waals surface area contributed by atoms with E-state index >= 15 is 0 Å². The molecule has 7 heteroatoms. The third-order valence-electron chi connectivity index (χ3n) is 7.69. The maximum Gasteiger partial charge on any atom is 0.130 e. The largest absolute Gasteiger partial charge is 0.457 e. The van der Waals surface area contributed by atoms with Crippen LogP contribution in [0.5, 0.6) is 11.5 Å². The van der Waals surface area contributed by atoms with Crippen molar-refractivity contribution >= 4 is 33.4 Å². The number of para-hydroxylation sites is 1. The lowest BCUT2D eigenvalue weighted by molar-refractivity contribution is 0.234. The molecule has 1 saturated carbocycles. The van der Waals surface area contributed by atoms with Crippen LogP contribution in [-0.4, -0.2) is 57.9 Å². The van der Waals surface area contributed by atoms with E-state index < -0.39 is 0 Å². The molecule has 0 amide bonds. The number of nitrogens with one attached hydrogen (secondary N) is 2. The number of rotatable bonds is 7. The van der Waals surface area contributed by atoms with Gasteiger partial charge in [-0.3, -0.25) is 9.89 Å². The van der Waals surface area contributed by atoms with Crippen molar-refractivity contribution in [1.29, 1.82) is 0 Å². The predicted molar refractivity (Wildman–Crippen MR) is 147 cm³/mol. The van der Waals surface area contributed by atoms with Gasteiger partial charge in [0.25, 0.3) is 0 Å². The molecule has 0 radical (unpaired) electrons. The average Bonchev–Trinajstić information content (AvgIpc) is 3.66. The van der Waals surface area contributed by atoms with E-state index in [1.165, 1.54) is 25.7 Å². The lowest BCUT2D eigenvalue weighted by Crippen LogP contribution is -2.40. The number of benzene rings is 2. The Morgan fingerprint density at radius 3 is 2.71 bits per heavy atom. The Morgan fingerprint density at radius 2 is 1.94 bits per heavy atom. The summed E-state index contributed by atoms with van der Waals surface area (Å²) in [6.07, 6.45) is 6.13. The van der Waals surface area contributed by atoms with Crippen molar-refractivity contribution in [1.82, 2.24) is 9.88 Å². The molecule has 3 heterocycles. The maximum absolute atomic E-state index is 6.24. The summed E-state index contributed by atoms with van der Waals surface area (Å²) in [5, 5.41) is 6.07. The molecule has 1 aromatic heterocycles. The number of likely N-dealkylation sites (tertiary alicyclic amines) is 1. The molecule has 3 aromatic rings. The van der Waals surface area contributed by atoms with E-state index in [-0.39, 0.29) is 0 Å². The minimum Gasteiger partial charge on any atom is -0.457 e. The van der Waals surface area contributed by atoms with Crippen LogP contribution in [-0.2, 0) is 0 Å². The molecule has 1 aliphatic carbocycles. The molecule has 184 valence electrons. The Morgan fingerprint density at radius 1 is 1.11 bits per heavy atom. The first kappa shape index (κ1) is 23.0. The summed E-state index contributed by atoms with van der Waals surface area (Å²) in [5.74, 6) is 2.73. The zero-order valence-electron chi connectivity index (χ0n) is 20.4. The van der Waals surface area contributed by atoms with E-state index in [4.69, 9.17) is 15.5 Å². The lowest BCUT2D eigenvalue weighted by atomic mass is 10.1. The molecule has 1 saturated heterocycles. The zero-order chi connectivity index (χ0) is 23.8.